The summed E-state index contributed by atoms with van der Waals surface area (Å²) in [6.07, 6.45) is 0.533. The molecule has 0 saturated carbocycles. The molecule has 0 aliphatic carbocycles. The molecule has 3 rings (SSSR count). The van der Waals surface area contributed by atoms with Crippen molar-refractivity contribution in [3.8, 4) is 11.4 Å². The van der Waals surface area contributed by atoms with E-state index in [1.54, 1.807) is 10.6 Å². The Morgan fingerprint density at radius 1 is 1.10 bits per heavy atom. The third kappa shape index (κ3) is 4.84. The molecule has 0 unspecified atom stereocenters. The second-order valence-electron chi connectivity index (χ2n) is 7.87. The lowest BCUT2D eigenvalue weighted by molar-refractivity contribution is -0.121. The van der Waals surface area contributed by atoms with Gasteiger partial charge >= 0.3 is 0 Å². The van der Waals surface area contributed by atoms with Crippen molar-refractivity contribution < 1.29 is 9.32 Å². The minimum absolute atomic E-state index is 0.0306. The minimum atomic E-state index is -0.151. The Morgan fingerprint density at radius 3 is 2.47 bits per heavy atom. The molecule has 0 bridgehead atoms. The Kier molecular flexibility index (Phi) is 6.50. The number of pyridine rings is 1. The van der Waals surface area contributed by atoms with Gasteiger partial charge in [0, 0.05) is 24.6 Å². The molecule has 30 heavy (non-hydrogen) atoms. The number of hydrogen-bond acceptors (Lipinski definition) is 5. The van der Waals surface area contributed by atoms with Gasteiger partial charge in [0.05, 0.1) is 11.6 Å². The van der Waals surface area contributed by atoms with Gasteiger partial charge in [-0.05, 0) is 52.3 Å². The van der Waals surface area contributed by atoms with Crippen LogP contribution in [0.5, 0.6) is 0 Å². The van der Waals surface area contributed by atoms with E-state index in [4.69, 9.17) is 4.52 Å². The van der Waals surface area contributed by atoms with Crippen LogP contribution in [-0.4, -0.2) is 20.6 Å². The summed E-state index contributed by atoms with van der Waals surface area (Å²) in [5.41, 5.74) is 3.35. The van der Waals surface area contributed by atoms with E-state index in [1.165, 1.54) is 5.56 Å². The van der Waals surface area contributed by atoms with Crippen LogP contribution in [0.1, 0.15) is 62.0 Å². The van der Waals surface area contributed by atoms with Crippen molar-refractivity contribution in [3.05, 3.63) is 69.5 Å². The molecule has 158 valence electrons. The highest BCUT2D eigenvalue weighted by atomic mass is 16.5. The lowest BCUT2D eigenvalue weighted by atomic mass is 10.1. The molecule has 2 aromatic heterocycles. The number of aromatic nitrogens is 3. The fraction of sp³-hybridized carbons (Fsp3) is 0.391. The Bertz CT molecular complexity index is 1080. The highest BCUT2D eigenvalue weighted by Crippen LogP contribution is 2.16. The monoisotopic (exact) mass is 408 g/mol. The maximum atomic E-state index is 12.8. The summed E-state index contributed by atoms with van der Waals surface area (Å²) in [5.74, 6) is 0.484. The van der Waals surface area contributed by atoms with E-state index in [-0.39, 0.29) is 35.8 Å². The van der Waals surface area contributed by atoms with Gasteiger partial charge in [0.25, 0.3) is 5.56 Å². The van der Waals surface area contributed by atoms with Crippen LogP contribution in [0.3, 0.4) is 0 Å². The smallest absolute Gasteiger partial charge is 0.262 e. The van der Waals surface area contributed by atoms with Crippen LogP contribution < -0.4 is 10.9 Å². The molecule has 1 amide bonds. The predicted octanol–water partition coefficient (Wildman–Crippen LogP) is 3.91. The molecule has 2 heterocycles. The maximum Gasteiger partial charge on any atom is 0.262 e. The third-order valence-electron chi connectivity index (χ3n) is 5.07. The quantitative estimate of drug-likeness (QED) is 0.640. The number of rotatable bonds is 7. The topological polar surface area (TPSA) is 90.0 Å². The third-order valence-corrected chi connectivity index (χ3v) is 5.07. The summed E-state index contributed by atoms with van der Waals surface area (Å²) in [5, 5.41) is 6.92. The standard InChI is InChI=1S/C23H28N4O3/c1-14(2)27-16(4)8-11-19(23(27)29)22-25-21(30-26-22)13-12-20(28)24-17(5)18-9-6-15(3)7-10-18/h6-11,14,17H,12-13H2,1-5H3,(H,24,28)/t17-/m0/s1. The van der Waals surface area contributed by atoms with Crippen molar-refractivity contribution in [3.63, 3.8) is 0 Å². The van der Waals surface area contributed by atoms with Gasteiger partial charge in [-0.2, -0.15) is 4.98 Å². The number of nitrogens with zero attached hydrogens (tertiary/aromatic N) is 3. The number of amides is 1. The van der Waals surface area contributed by atoms with Crippen molar-refractivity contribution in [1.29, 1.82) is 0 Å². The van der Waals surface area contributed by atoms with E-state index in [9.17, 15) is 9.59 Å². The first-order valence-electron chi connectivity index (χ1n) is 10.2. The molecule has 0 aliphatic heterocycles. The van der Waals surface area contributed by atoms with Gasteiger partial charge in [-0.25, -0.2) is 0 Å². The second kappa shape index (κ2) is 9.07. The van der Waals surface area contributed by atoms with Gasteiger partial charge in [-0.15, -0.1) is 0 Å². The number of carbonyl (C=O) groups is 1. The van der Waals surface area contributed by atoms with Crippen LogP contribution in [0.4, 0.5) is 0 Å². The highest BCUT2D eigenvalue weighted by molar-refractivity contribution is 5.76. The van der Waals surface area contributed by atoms with Crippen LogP contribution in [0.2, 0.25) is 0 Å². The zero-order chi connectivity index (χ0) is 21.8. The Hall–Kier alpha value is -3.22. The molecule has 1 N–H and O–H groups in total. The van der Waals surface area contributed by atoms with Gasteiger partial charge in [-0.1, -0.05) is 35.0 Å². The molecule has 0 radical (unpaired) electrons. The molecule has 0 saturated heterocycles. The van der Waals surface area contributed by atoms with Gasteiger partial charge in [0.2, 0.25) is 17.6 Å². The van der Waals surface area contributed by atoms with Gasteiger partial charge < -0.3 is 14.4 Å². The summed E-state index contributed by atoms with van der Waals surface area (Å²) in [7, 11) is 0. The number of carbonyl (C=O) groups excluding carboxylic acids is 1. The van der Waals surface area contributed by atoms with Crippen molar-refractivity contribution in [2.45, 2.75) is 59.5 Å². The molecular formula is C23H28N4O3. The number of benzene rings is 1. The molecular weight excluding hydrogens is 380 g/mol. The van der Waals surface area contributed by atoms with Crippen molar-refractivity contribution in [2.75, 3.05) is 0 Å². The first kappa shape index (κ1) is 21.5. The summed E-state index contributed by atoms with van der Waals surface area (Å²) in [4.78, 5) is 29.4. The summed E-state index contributed by atoms with van der Waals surface area (Å²) in [6.45, 7) is 9.78. The van der Waals surface area contributed by atoms with E-state index >= 15 is 0 Å². The van der Waals surface area contributed by atoms with Crippen LogP contribution in [0.15, 0.2) is 45.7 Å². The zero-order valence-corrected chi connectivity index (χ0v) is 18.1. The lowest BCUT2D eigenvalue weighted by Gasteiger charge is -2.14. The maximum absolute atomic E-state index is 12.8. The first-order chi connectivity index (χ1) is 14.3. The van der Waals surface area contributed by atoms with Crippen molar-refractivity contribution >= 4 is 5.91 Å². The molecule has 1 aromatic carbocycles. The van der Waals surface area contributed by atoms with Crippen molar-refractivity contribution in [1.82, 2.24) is 20.0 Å². The highest BCUT2D eigenvalue weighted by Gasteiger charge is 2.17. The van der Waals surface area contributed by atoms with E-state index in [2.05, 4.69) is 15.5 Å². The molecule has 0 spiro atoms. The molecule has 7 heteroatoms. The van der Waals surface area contributed by atoms with Crippen LogP contribution in [0.25, 0.3) is 11.4 Å². The Balaban J connectivity index is 1.64. The van der Waals surface area contributed by atoms with E-state index in [0.717, 1.165) is 11.3 Å². The fourth-order valence-corrected chi connectivity index (χ4v) is 3.40. The molecule has 1 atom stereocenters. The van der Waals surface area contributed by atoms with E-state index < -0.39 is 0 Å². The summed E-state index contributed by atoms with van der Waals surface area (Å²) in [6, 6.07) is 11.6. The second-order valence-corrected chi connectivity index (χ2v) is 7.87. The van der Waals surface area contributed by atoms with E-state index in [0.29, 0.717) is 17.9 Å². The lowest BCUT2D eigenvalue weighted by Crippen LogP contribution is -2.26. The normalized spacial score (nSPS) is 12.2. The number of nitrogens with one attached hydrogen (secondary N) is 1. The average Bonchev–Trinajstić information content (AvgIpc) is 3.15. The zero-order valence-electron chi connectivity index (χ0n) is 18.1. The minimum Gasteiger partial charge on any atom is -0.350 e. The van der Waals surface area contributed by atoms with Crippen molar-refractivity contribution in [2.24, 2.45) is 0 Å². The average molecular weight is 409 g/mol. The van der Waals surface area contributed by atoms with Crippen LogP contribution in [-0.2, 0) is 11.2 Å². The largest absolute Gasteiger partial charge is 0.350 e. The Morgan fingerprint density at radius 2 is 1.80 bits per heavy atom. The molecule has 0 fully saturated rings. The van der Waals surface area contributed by atoms with Crippen LogP contribution in [0, 0.1) is 13.8 Å². The Labute approximate surface area is 176 Å². The number of hydrogen-bond donors (Lipinski definition) is 1. The first-order valence-corrected chi connectivity index (χ1v) is 10.2. The van der Waals surface area contributed by atoms with E-state index in [1.807, 2.05) is 65.0 Å². The number of aryl methyl sites for hydroxylation is 3. The molecule has 7 nitrogen and oxygen atoms in total. The molecule has 3 aromatic rings. The van der Waals surface area contributed by atoms with Crippen LogP contribution >= 0.6 is 0 Å². The van der Waals surface area contributed by atoms with Gasteiger partial charge in [0.1, 0.15) is 0 Å². The van der Waals surface area contributed by atoms with Gasteiger partial charge in [-0.3, -0.25) is 9.59 Å². The summed E-state index contributed by atoms with van der Waals surface area (Å²) >= 11 is 0. The predicted molar refractivity (Wildman–Crippen MR) is 115 cm³/mol. The molecule has 0 aliphatic rings. The fourth-order valence-electron chi connectivity index (χ4n) is 3.40. The SMILES string of the molecule is Cc1ccc([C@H](C)NC(=O)CCc2nc(-c3ccc(C)n(C(C)C)c3=O)no2)cc1. The summed E-state index contributed by atoms with van der Waals surface area (Å²) < 4.78 is 6.97. The van der Waals surface area contributed by atoms with Gasteiger partial charge in [0.15, 0.2) is 0 Å².